The standard InChI is InChI=1S/C9H7N3OS/c10-5-7(12-13)9-11-6-3-1-2-4-8(6)14-9/h1-4,7,12-13H. The average Bonchev–Trinajstić information content (AvgIpc) is 2.63. The van der Waals surface area contributed by atoms with Gasteiger partial charge in [-0.25, -0.2) is 4.98 Å². The van der Waals surface area contributed by atoms with Crippen molar-refractivity contribution in [2.45, 2.75) is 6.04 Å². The summed E-state index contributed by atoms with van der Waals surface area (Å²) in [6, 6.07) is 8.78. The molecule has 2 N–H and O–H groups in total. The first-order valence-corrected chi connectivity index (χ1v) is 4.81. The van der Waals surface area contributed by atoms with Crippen LogP contribution >= 0.6 is 11.3 Å². The van der Waals surface area contributed by atoms with Crippen LogP contribution < -0.4 is 5.48 Å². The maximum atomic E-state index is 8.70. The third-order valence-electron chi connectivity index (χ3n) is 1.82. The molecule has 4 nitrogen and oxygen atoms in total. The summed E-state index contributed by atoms with van der Waals surface area (Å²) in [5, 5.41) is 18.0. The smallest absolute Gasteiger partial charge is 0.170 e. The van der Waals surface area contributed by atoms with Crippen molar-refractivity contribution in [2.75, 3.05) is 0 Å². The van der Waals surface area contributed by atoms with E-state index in [2.05, 4.69) is 4.98 Å². The fourth-order valence-corrected chi connectivity index (χ4v) is 2.11. The van der Waals surface area contributed by atoms with E-state index in [-0.39, 0.29) is 0 Å². The molecule has 0 spiro atoms. The van der Waals surface area contributed by atoms with Crippen LogP contribution in [-0.4, -0.2) is 10.2 Å². The molecule has 14 heavy (non-hydrogen) atoms. The molecule has 0 aliphatic rings. The molecule has 70 valence electrons. The summed E-state index contributed by atoms with van der Waals surface area (Å²) < 4.78 is 1.01. The Hall–Kier alpha value is -1.48. The number of hydrogen-bond donors (Lipinski definition) is 2. The van der Waals surface area contributed by atoms with Crippen molar-refractivity contribution >= 4 is 21.6 Å². The van der Waals surface area contributed by atoms with Gasteiger partial charge in [0.05, 0.1) is 16.3 Å². The van der Waals surface area contributed by atoms with Crippen LogP contribution in [0.2, 0.25) is 0 Å². The highest BCUT2D eigenvalue weighted by Crippen LogP contribution is 2.25. The average molecular weight is 205 g/mol. The number of hydroxylamine groups is 1. The summed E-state index contributed by atoms with van der Waals surface area (Å²) >= 11 is 1.40. The summed E-state index contributed by atoms with van der Waals surface area (Å²) in [4.78, 5) is 4.23. The van der Waals surface area contributed by atoms with Crippen LogP contribution in [0.15, 0.2) is 24.3 Å². The molecule has 2 rings (SSSR count). The number of hydrogen-bond acceptors (Lipinski definition) is 5. The van der Waals surface area contributed by atoms with E-state index < -0.39 is 6.04 Å². The van der Waals surface area contributed by atoms with Crippen molar-refractivity contribution < 1.29 is 5.21 Å². The van der Waals surface area contributed by atoms with Crippen LogP contribution in [0.3, 0.4) is 0 Å². The molecule has 0 bridgehead atoms. The lowest BCUT2D eigenvalue weighted by Gasteiger charge is -1.99. The van der Waals surface area contributed by atoms with E-state index in [0.29, 0.717) is 5.01 Å². The predicted molar refractivity (Wildman–Crippen MR) is 52.9 cm³/mol. The van der Waals surface area contributed by atoms with E-state index in [1.54, 1.807) is 0 Å². The number of rotatable bonds is 2. The summed E-state index contributed by atoms with van der Waals surface area (Å²) in [5.41, 5.74) is 2.77. The Bertz CT molecular complexity index is 455. The van der Waals surface area contributed by atoms with Gasteiger partial charge in [-0.2, -0.15) is 10.7 Å². The van der Waals surface area contributed by atoms with Gasteiger partial charge < -0.3 is 5.21 Å². The van der Waals surface area contributed by atoms with Crippen molar-refractivity contribution in [2.24, 2.45) is 0 Å². The molecular weight excluding hydrogens is 198 g/mol. The van der Waals surface area contributed by atoms with Gasteiger partial charge in [-0.3, -0.25) is 0 Å². The van der Waals surface area contributed by atoms with Gasteiger partial charge in [0.25, 0.3) is 0 Å². The van der Waals surface area contributed by atoms with Crippen molar-refractivity contribution in [3.8, 4) is 6.07 Å². The minimum atomic E-state index is -0.743. The van der Waals surface area contributed by atoms with E-state index in [0.717, 1.165) is 10.2 Å². The van der Waals surface area contributed by atoms with Gasteiger partial charge in [0.2, 0.25) is 0 Å². The van der Waals surface area contributed by atoms with Gasteiger partial charge in [-0.05, 0) is 12.1 Å². The zero-order chi connectivity index (χ0) is 9.97. The lowest BCUT2D eigenvalue weighted by molar-refractivity contribution is 0.146. The normalized spacial score (nSPS) is 12.6. The zero-order valence-corrected chi connectivity index (χ0v) is 7.95. The second-order valence-electron chi connectivity index (χ2n) is 2.71. The Morgan fingerprint density at radius 3 is 2.93 bits per heavy atom. The largest absolute Gasteiger partial charge is 0.315 e. The molecule has 2 aromatic rings. The number of nitrogens with one attached hydrogen (secondary N) is 1. The first-order chi connectivity index (χ1) is 6.85. The van der Waals surface area contributed by atoms with Crippen LogP contribution in [0.5, 0.6) is 0 Å². The predicted octanol–water partition coefficient (Wildman–Crippen LogP) is 1.84. The quantitative estimate of drug-likeness (QED) is 0.734. The number of nitrogens with zero attached hydrogens (tertiary/aromatic N) is 2. The third-order valence-corrected chi connectivity index (χ3v) is 2.92. The molecular formula is C9H7N3OS. The number of nitriles is 1. The maximum absolute atomic E-state index is 8.70. The number of benzene rings is 1. The highest BCUT2D eigenvalue weighted by Gasteiger charge is 2.13. The van der Waals surface area contributed by atoms with Gasteiger partial charge in [0.1, 0.15) is 5.01 Å². The molecule has 0 aliphatic carbocycles. The highest BCUT2D eigenvalue weighted by atomic mass is 32.1. The highest BCUT2D eigenvalue weighted by molar-refractivity contribution is 7.18. The molecule has 0 amide bonds. The van der Waals surface area contributed by atoms with Crippen LogP contribution in [0.4, 0.5) is 0 Å². The lowest BCUT2D eigenvalue weighted by Crippen LogP contribution is -2.14. The van der Waals surface area contributed by atoms with Gasteiger partial charge in [0, 0.05) is 0 Å². The second-order valence-corrected chi connectivity index (χ2v) is 3.77. The Balaban J connectivity index is 2.50. The minimum Gasteiger partial charge on any atom is -0.315 e. The van der Waals surface area contributed by atoms with Crippen molar-refractivity contribution in [3.63, 3.8) is 0 Å². The fraction of sp³-hybridized carbons (Fsp3) is 0.111. The molecule has 1 unspecified atom stereocenters. The van der Waals surface area contributed by atoms with E-state index in [1.807, 2.05) is 35.8 Å². The zero-order valence-electron chi connectivity index (χ0n) is 7.14. The summed E-state index contributed by atoms with van der Waals surface area (Å²) in [5.74, 6) is 0. The molecule has 1 atom stereocenters. The molecule has 1 heterocycles. The second kappa shape index (κ2) is 3.72. The first-order valence-electron chi connectivity index (χ1n) is 4.00. The molecule has 0 saturated carbocycles. The Morgan fingerprint density at radius 2 is 2.29 bits per heavy atom. The van der Waals surface area contributed by atoms with E-state index in [9.17, 15) is 0 Å². The van der Waals surface area contributed by atoms with Crippen LogP contribution in [0, 0.1) is 11.3 Å². The maximum Gasteiger partial charge on any atom is 0.170 e. The monoisotopic (exact) mass is 205 g/mol. The Kier molecular flexibility index (Phi) is 2.41. The van der Waals surface area contributed by atoms with Crippen molar-refractivity contribution in [1.82, 2.24) is 10.5 Å². The molecule has 1 aromatic heterocycles. The lowest BCUT2D eigenvalue weighted by atomic mass is 10.3. The Morgan fingerprint density at radius 1 is 1.50 bits per heavy atom. The number of aromatic nitrogens is 1. The fourth-order valence-electron chi connectivity index (χ4n) is 1.15. The summed E-state index contributed by atoms with van der Waals surface area (Å²) in [6.45, 7) is 0. The summed E-state index contributed by atoms with van der Waals surface area (Å²) in [7, 11) is 0. The van der Waals surface area contributed by atoms with Gasteiger partial charge >= 0.3 is 0 Å². The summed E-state index contributed by atoms with van der Waals surface area (Å²) in [6.07, 6.45) is 0. The number of thiazole rings is 1. The molecule has 5 heteroatoms. The van der Waals surface area contributed by atoms with E-state index in [4.69, 9.17) is 10.5 Å². The van der Waals surface area contributed by atoms with Crippen LogP contribution in [0.1, 0.15) is 11.0 Å². The topological polar surface area (TPSA) is 68.9 Å². The number of fused-ring (bicyclic) bond motifs is 1. The molecule has 0 radical (unpaired) electrons. The van der Waals surface area contributed by atoms with Crippen molar-refractivity contribution in [1.29, 1.82) is 5.26 Å². The molecule has 1 aromatic carbocycles. The van der Waals surface area contributed by atoms with Crippen molar-refractivity contribution in [3.05, 3.63) is 29.3 Å². The van der Waals surface area contributed by atoms with Gasteiger partial charge in [0.15, 0.2) is 6.04 Å². The van der Waals surface area contributed by atoms with Gasteiger partial charge in [-0.1, -0.05) is 12.1 Å². The van der Waals surface area contributed by atoms with E-state index in [1.165, 1.54) is 11.3 Å². The first kappa shape index (κ1) is 9.09. The minimum absolute atomic E-state index is 0.580. The molecule has 0 fully saturated rings. The third kappa shape index (κ3) is 1.46. The van der Waals surface area contributed by atoms with Crippen LogP contribution in [0.25, 0.3) is 10.2 Å². The molecule has 0 aliphatic heterocycles. The van der Waals surface area contributed by atoms with Crippen LogP contribution in [-0.2, 0) is 0 Å². The van der Waals surface area contributed by atoms with Gasteiger partial charge in [-0.15, -0.1) is 11.3 Å². The molecule has 0 saturated heterocycles. The van der Waals surface area contributed by atoms with E-state index >= 15 is 0 Å². The SMILES string of the molecule is N#CC(NO)c1nc2ccccc2s1. The Labute approximate surface area is 84.4 Å². The number of para-hydroxylation sites is 1.